The molecule has 2 nitrogen and oxygen atoms in total. The Labute approximate surface area is 87.1 Å². The summed E-state index contributed by atoms with van der Waals surface area (Å²) in [7, 11) is 0. The second kappa shape index (κ2) is 5.13. The van der Waals surface area contributed by atoms with Gasteiger partial charge in [-0.25, -0.2) is 0 Å². The lowest BCUT2D eigenvalue weighted by molar-refractivity contribution is 0.190. The number of nitrogens with one attached hydrogen (secondary N) is 1. The van der Waals surface area contributed by atoms with Crippen molar-refractivity contribution in [3.05, 3.63) is 0 Å². The predicted octanol–water partition coefficient (Wildman–Crippen LogP) is 1.93. The highest BCUT2D eigenvalue weighted by atomic mass is 16.3. The van der Waals surface area contributed by atoms with Crippen LogP contribution >= 0.6 is 0 Å². The monoisotopic (exact) mass is 197 g/mol. The lowest BCUT2D eigenvalue weighted by Gasteiger charge is -2.20. The molecule has 2 fully saturated rings. The van der Waals surface area contributed by atoms with Crippen LogP contribution in [0.2, 0.25) is 0 Å². The van der Waals surface area contributed by atoms with Gasteiger partial charge in [0.25, 0.3) is 0 Å². The molecular weight excluding hydrogens is 174 g/mol. The van der Waals surface area contributed by atoms with E-state index in [9.17, 15) is 5.11 Å². The van der Waals surface area contributed by atoms with Gasteiger partial charge in [0.1, 0.15) is 0 Å². The van der Waals surface area contributed by atoms with E-state index >= 15 is 0 Å². The second-order valence-electron chi connectivity index (χ2n) is 5.02. The SMILES string of the molecule is OCC1CCCC1CNC1CCCC1. The van der Waals surface area contributed by atoms with Crippen molar-refractivity contribution >= 4 is 0 Å². The summed E-state index contributed by atoms with van der Waals surface area (Å²) >= 11 is 0. The standard InChI is InChI=1S/C12H23NO/c14-9-11-5-3-4-10(11)8-13-12-6-1-2-7-12/h10-14H,1-9H2. The molecule has 0 saturated heterocycles. The highest BCUT2D eigenvalue weighted by Crippen LogP contribution is 2.31. The molecule has 0 spiro atoms. The average Bonchev–Trinajstić information content (AvgIpc) is 2.85. The zero-order valence-corrected chi connectivity index (χ0v) is 9.04. The highest BCUT2D eigenvalue weighted by Gasteiger charge is 2.27. The molecule has 2 aliphatic carbocycles. The Bertz CT molecular complexity index is 166. The maximum absolute atomic E-state index is 9.20. The van der Waals surface area contributed by atoms with Gasteiger partial charge in [0.2, 0.25) is 0 Å². The van der Waals surface area contributed by atoms with Crippen LogP contribution in [-0.4, -0.2) is 24.3 Å². The first-order valence-electron chi connectivity index (χ1n) is 6.24. The molecule has 0 aliphatic heterocycles. The number of hydrogen-bond acceptors (Lipinski definition) is 2. The van der Waals surface area contributed by atoms with Crippen molar-refractivity contribution in [2.45, 2.75) is 51.0 Å². The molecule has 0 bridgehead atoms. The molecule has 0 heterocycles. The zero-order chi connectivity index (χ0) is 9.80. The van der Waals surface area contributed by atoms with Crippen LogP contribution in [0.15, 0.2) is 0 Å². The molecular formula is C12H23NO. The van der Waals surface area contributed by atoms with Crippen molar-refractivity contribution in [1.82, 2.24) is 5.32 Å². The van der Waals surface area contributed by atoms with Gasteiger partial charge in [0.05, 0.1) is 0 Å². The van der Waals surface area contributed by atoms with Gasteiger partial charge in [-0.2, -0.15) is 0 Å². The van der Waals surface area contributed by atoms with Gasteiger partial charge >= 0.3 is 0 Å². The summed E-state index contributed by atoms with van der Waals surface area (Å²) in [6, 6.07) is 0.787. The Morgan fingerprint density at radius 3 is 2.36 bits per heavy atom. The minimum Gasteiger partial charge on any atom is -0.396 e. The molecule has 2 N–H and O–H groups in total. The fraction of sp³-hybridized carbons (Fsp3) is 1.00. The molecule has 2 rings (SSSR count). The Morgan fingerprint density at radius 1 is 0.929 bits per heavy atom. The van der Waals surface area contributed by atoms with E-state index in [1.807, 2.05) is 0 Å². The number of rotatable bonds is 4. The Morgan fingerprint density at radius 2 is 1.64 bits per heavy atom. The maximum atomic E-state index is 9.20. The number of hydrogen-bond donors (Lipinski definition) is 2. The van der Waals surface area contributed by atoms with Gasteiger partial charge in [0.15, 0.2) is 0 Å². The van der Waals surface area contributed by atoms with E-state index in [-0.39, 0.29) is 0 Å². The van der Waals surface area contributed by atoms with E-state index in [0.29, 0.717) is 12.5 Å². The molecule has 2 aliphatic rings. The first kappa shape index (κ1) is 10.4. The second-order valence-corrected chi connectivity index (χ2v) is 5.02. The quantitative estimate of drug-likeness (QED) is 0.722. The molecule has 0 aromatic carbocycles. The molecule has 0 amide bonds. The highest BCUT2D eigenvalue weighted by molar-refractivity contribution is 4.81. The summed E-state index contributed by atoms with van der Waals surface area (Å²) in [4.78, 5) is 0. The lowest BCUT2D eigenvalue weighted by atomic mass is 9.96. The minimum absolute atomic E-state index is 0.400. The van der Waals surface area contributed by atoms with E-state index in [2.05, 4.69) is 5.32 Å². The largest absolute Gasteiger partial charge is 0.396 e. The van der Waals surface area contributed by atoms with Gasteiger partial charge < -0.3 is 10.4 Å². The minimum atomic E-state index is 0.400. The van der Waals surface area contributed by atoms with Crippen LogP contribution in [0.1, 0.15) is 44.9 Å². The van der Waals surface area contributed by atoms with Gasteiger partial charge in [0, 0.05) is 12.6 Å². The van der Waals surface area contributed by atoms with Crippen LogP contribution in [0.25, 0.3) is 0 Å². The molecule has 82 valence electrons. The predicted molar refractivity (Wildman–Crippen MR) is 58.2 cm³/mol. The van der Waals surface area contributed by atoms with E-state index in [0.717, 1.165) is 18.5 Å². The summed E-state index contributed by atoms with van der Waals surface area (Å²) < 4.78 is 0. The summed E-state index contributed by atoms with van der Waals surface area (Å²) in [5.41, 5.74) is 0. The van der Waals surface area contributed by atoms with Crippen molar-refractivity contribution in [2.75, 3.05) is 13.2 Å². The number of aliphatic hydroxyl groups excluding tert-OH is 1. The van der Waals surface area contributed by atoms with Crippen molar-refractivity contribution in [3.63, 3.8) is 0 Å². The first-order valence-corrected chi connectivity index (χ1v) is 6.24. The Hall–Kier alpha value is -0.0800. The molecule has 14 heavy (non-hydrogen) atoms. The smallest absolute Gasteiger partial charge is 0.0462 e. The van der Waals surface area contributed by atoms with E-state index in [1.54, 1.807) is 0 Å². The molecule has 2 saturated carbocycles. The van der Waals surface area contributed by atoms with E-state index in [1.165, 1.54) is 44.9 Å². The van der Waals surface area contributed by atoms with Crippen LogP contribution in [0.3, 0.4) is 0 Å². The normalized spacial score (nSPS) is 34.1. The fourth-order valence-electron chi connectivity index (χ4n) is 3.07. The molecule has 0 aromatic rings. The van der Waals surface area contributed by atoms with Crippen LogP contribution in [0, 0.1) is 11.8 Å². The van der Waals surface area contributed by atoms with Crippen LogP contribution < -0.4 is 5.32 Å². The van der Waals surface area contributed by atoms with Crippen LogP contribution in [0.5, 0.6) is 0 Å². The number of aliphatic hydroxyl groups is 1. The first-order chi connectivity index (χ1) is 6.90. The summed E-state index contributed by atoms with van der Waals surface area (Å²) in [6.45, 7) is 1.55. The van der Waals surface area contributed by atoms with Crippen molar-refractivity contribution in [2.24, 2.45) is 11.8 Å². The fourth-order valence-corrected chi connectivity index (χ4v) is 3.07. The topological polar surface area (TPSA) is 32.3 Å². The molecule has 0 radical (unpaired) electrons. The third-order valence-electron chi connectivity index (χ3n) is 4.07. The van der Waals surface area contributed by atoms with Crippen molar-refractivity contribution < 1.29 is 5.11 Å². The molecule has 2 heteroatoms. The molecule has 0 aromatic heterocycles. The molecule has 2 atom stereocenters. The Balaban J connectivity index is 1.68. The van der Waals surface area contributed by atoms with Crippen LogP contribution in [-0.2, 0) is 0 Å². The maximum Gasteiger partial charge on any atom is 0.0462 e. The Kier molecular flexibility index (Phi) is 3.82. The third-order valence-corrected chi connectivity index (χ3v) is 4.07. The summed E-state index contributed by atoms with van der Waals surface area (Å²) in [5, 5.41) is 12.9. The van der Waals surface area contributed by atoms with Gasteiger partial charge in [-0.3, -0.25) is 0 Å². The van der Waals surface area contributed by atoms with Gasteiger partial charge in [-0.1, -0.05) is 19.3 Å². The van der Waals surface area contributed by atoms with Gasteiger partial charge in [-0.15, -0.1) is 0 Å². The van der Waals surface area contributed by atoms with Crippen molar-refractivity contribution in [1.29, 1.82) is 0 Å². The van der Waals surface area contributed by atoms with E-state index < -0.39 is 0 Å². The van der Waals surface area contributed by atoms with Gasteiger partial charge in [-0.05, 0) is 44.1 Å². The summed E-state index contributed by atoms with van der Waals surface area (Å²) in [5.74, 6) is 1.34. The van der Waals surface area contributed by atoms with E-state index in [4.69, 9.17) is 0 Å². The zero-order valence-electron chi connectivity index (χ0n) is 9.04. The average molecular weight is 197 g/mol. The third kappa shape index (κ3) is 2.48. The van der Waals surface area contributed by atoms with Crippen LogP contribution in [0.4, 0.5) is 0 Å². The molecule has 2 unspecified atom stereocenters. The van der Waals surface area contributed by atoms with Crippen molar-refractivity contribution in [3.8, 4) is 0 Å². The lowest BCUT2D eigenvalue weighted by Crippen LogP contribution is -2.33. The summed E-state index contributed by atoms with van der Waals surface area (Å²) in [6.07, 6.45) is 9.45.